The molecule has 2 aromatic rings. The lowest BCUT2D eigenvalue weighted by Gasteiger charge is -2.34. The van der Waals surface area contributed by atoms with Crippen LogP contribution in [0.1, 0.15) is 29.9 Å². The fourth-order valence-corrected chi connectivity index (χ4v) is 3.28. The summed E-state index contributed by atoms with van der Waals surface area (Å²) < 4.78 is 0. The number of rotatable bonds is 2. The minimum atomic E-state index is 0.542. The quantitative estimate of drug-likeness (QED) is 0.810. The Morgan fingerprint density at radius 2 is 1.71 bits per heavy atom. The van der Waals surface area contributed by atoms with Gasteiger partial charge in [-0.25, -0.2) is 0 Å². The maximum atomic E-state index is 9.30. The smallest absolute Gasteiger partial charge is 0.103 e. The third-order valence-electron chi connectivity index (χ3n) is 4.21. The molecule has 0 N–H and O–H groups in total. The third-order valence-corrected chi connectivity index (χ3v) is 4.53. The molecular weight excluding hydrogens is 280 g/mol. The molecule has 1 fully saturated rings. The van der Waals surface area contributed by atoms with Crippen LogP contribution < -0.4 is 4.90 Å². The van der Waals surface area contributed by atoms with Gasteiger partial charge in [-0.2, -0.15) is 5.26 Å². The molecule has 1 saturated heterocycles. The van der Waals surface area contributed by atoms with E-state index in [4.69, 9.17) is 11.6 Å². The largest absolute Gasteiger partial charge is 0.370 e. The highest BCUT2D eigenvalue weighted by Crippen LogP contribution is 2.33. The van der Waals surface area contributed by atoms with Gasteiger partial charge in [-0.3, -0.25) is 0 Å². The standard InChI is InChI=1S/C18H17ClN2/c19-17-7-4-8-18(16(17)13-20)21-11-9-15(10-12-21)14-5-2-1-3-6-14/h1-8,15H,9-12H2. The lowest BCUT2D eigenvalue weighted by Crippen LogP contribution is -2.33. The monoisotopic (exact) mass is 296 g/mol. The minimum Gasteiger partial charge on any atom is -0.370 e. The number of nitrogens with zero attached hydrogens (tertiary/aromatic N) is 2. The van der Waals surface area contributed by atoms with Crippen molar-refractivity contribution < 1.29 is 0 Å². The molecule has 0 aliphatic carbocycles. The van der Waals surface area contributed by atoms with E-state index in [1.165, 1.54) is 5.56 Å². The molecule has 0 aromatic heterocycles. The summed E-state index contributed by atoms with van der Waals surface area (Å²) in [5, 5.41) is 9.84. The van der Waals surface area contributed by atoms with Crippen LogP contribution in [-0.2, 0) is 0 Å². The van der Waals surface area contributed by atoms with Gasteiger partial charge in [0.15, 0.2) is 0 Å². The van der Waals surface area contributed by atoms with E-state index in [1.807, 2.05) is 12.1 Å². The molecule has 1 aliphatic rings. The summed E-state index contributed by atoms with van der Waals surface area (Å²) in [6.45, 7) is 1.93. The average molecular weight is 297 g/mol. The molecule has 0 atom stereocenters. The molecule has 2 nitrogen and oxygen atoms in total. The summed E-state index contributed by atoms with van der Waals surface area (Å²) in [6, 6.07) is 18.6. The number of hydrogen-bond donors (Lipinski definition) is 0. The SMILES string of the molecule is N#Cc1c(Cl)cccc1N1CCC(c2ccccc2)CC1. The maximum Gasteiger partial charge on any atom is 0.103 e. The predicted molar refractivity (Wildman–Crippen MR) is 86.8 cm³/mol. The highest BCUT2D eigenvalue weighted by atomic mass is 35.5. The summed E-state index contributed by atoms with van der Waals surface area (Å²) >= 11 is 6.12. The molecule has 3 rings (SSSR count). The Kier molecular flexibility index (Phi) is 4.13. The summed E-state index contributed by atoms with van der Waals surface area (Å²) in [5.41, 5.74) is 2.98. The van der Waals surface area contributed by atoms with Gasteiger partial charge < -0.3 is 4.90 Å². The Hall–Kier alpha value is -1.98. The van der Waals surface area contributed by atoms with Crippen molar-refractivity contribution in [2.24, 2.45) is 0 Å². The Bertz CT molecular complexity index is 653. The van der Waals surface area contributed by atoms with Crippen LogP contribution in [0.5, 0.6) is 0 Å². The van der Waals surface area contributed by atoms with Gasteiger partial charge in [0.25, 0.3) is 0 Å². The molecule has 0 bridgehead atoms. The first-order valence-electron chi connectivity index (χ1n) is 7.28. The van der Waals surface area contributed by atoms with Crippen LogP contribution in [0, 0.1) is 11.3 Å². The lowest BCUT2D eigenvalue weighted by molar-refractivity contribution is 0.505. The number of benzene rings is 2. The highest BCUT2D eigenvalue weighted by molar-refractivity contribution is 6.32. The van der Waals surface area contributed by atoms with Gasteiger partial charge in [0.1, 0.15) is 6.07 Å². The third kappa shape index (κ3) is 2.89. The second kappa shape index (κ2) is 6.20. The van der Waals surface area contributed by atoms with E-state index < -0.39 is 0 Å². The zero-order chi connectivity index (χ0) is 14.7. The number of anilines is 1. The summed E-state index contributed by atoms with van der Waals surface area (Å²) in [7, 11) is 0. The number of piperidine rings is 1. The van der Waals surface area contributed by atoms with Crippen molar-refractivity contribution in [2.45, 2.75) is 18.8 Å². The normalized spacial score (nSPS) is 15.7. The van der Waals surface area contributed by atoms with Gasteiger partial charge in [-0.15, -0.1) is 0 Å². The van der Waals surface area contributed by atoms with Crippen molar-refractivity contribution in [3.63, 3.8) is 0 Å². The number of nitriles is 1. The number of halogens is 1. The van der Waals surface area contributed by atoms with Gasteiger partial charge in [0, 0.05) is 13.1 Å². The van der Waals surface area contributed by atoms with Gasteiger partial charge in [0.05, 0.1) is 16.3 Å². The van der Waals surface area contributed by atoms with Crippen molar-refractivity contribution in [2.75, 3.05) is 18.0 Å². The molecule has 0 saturated carbocycles. The summed E-state index contributed by atoms with van der Waals surface area (Å²) in [6.07, 6.45) is 2.22. The molecule has 2 aromatic carbocycles. The molecule has 0 spiro atoms. The molecule has 0 unspecified atom stereocenters. The zero-order valence-corrected chi connectivity index (χ0v) is 12.6. The van der Waals surface area contributed by atoms with Crippen molar-refractivity contribution in [3.8, 4) is 6.07 Å². The van der Waals surface area contributed by atoms with Crippen LogP contribution in [0.2, 0.25) is 5.02 Å². The molecule has 1 aliphatic heterocycles. The van der Waals surface area contributed by atoms with Gasteiger partial charge >= 0.3 is 0 Å². The van der Waals surface area contributed by atoms with E-state index in [1.54, 1.807) is 6.07 Å². The van der Waals surface area contributed by atoms with Crippen LogP contribution in [-0.4, -0.2) is 13.1 Å². The molecule has 21 heavy (non-hydrogen) atoms. The second-order valence-electron chi connectivity index (χ2n) is 5.42. The fourth-order valence-electron chi connectivity index (χ4n) is 3.07. The van der Waals surface area contributed by atoms with E-state index in [2.05, 4.69) is 41.3 Å². The van der Waals surface area contributed by atoms with E-state index in [-0.39, 0.29) is 0 Å². The molecule has 106 valence electrons. The molecule has 0 radical (unpaired) electrons. The van der Waals surface area contributed by atoms with E-state index in [9.17, 15) is 5.26 Å². The van der Waals surface area contributed by atoms with Crippen LogP contribution in [0.4, 0.5) is 5.69 Å². The van der Waals surface area contributed by atoms with E-state index in [0.717, 1.165) is 31.6 Å². The maximum absolute atomic E-state index is 9.30. The van der Waals surface area contributed by atoms with Crippen LogP contribution >= 0.6 is 11.6 Å². The number of hydrogen-bond acceptors (Lipinski definition) is 2. The Morgan fingerprint density at radius 1 is 1.00 bits per heavy atom. The Morgan fingerprint density at radius 3 is 2.38 bits per heavy atom. The van der Waals surface area contributed by atoms with Crippen LogP contribution in [0.25, 0.3) is 0 Å². The van der Waals surface area contributed by atoms with Gasteiger partial charge in [-0.05, 0) is 36.5 Å². The average Bonchev–Trinajstić information content (AvgIpc) is 2.55. The van der Waals surface area contributed by atoms with Crippen LogP contribution in [0.3, 0.4) is 0 Å². The van der Waals surface area contributed by atoms with Crippen molar-refractivity contribution in [3.05, 3.63) is 64.7 Å². The first kappa shape index (κ1) is 14.0. The summed E-state index contributed by atoms with van der Waals surface area (Å²) in [5.74, 6) is 0.618. The topological polar surface area (TPSA) is 27.0 Å². The molecular formula is C18H17ClN2. The summed E-state index contributed by atoms with van der Waals surface area (Å²) in [4.78, 5) is 2.28. The van der Waals surface area contributed by atoms with Gasteiger partial charge in [-0.1, -0.05) is 48.0 Å². The van der Waals surface area contributed by atoms with Crippen molar-refractivity contribution >= 4 is 17.3 Å². The van der Waals surface area contributed by atoms with Crippen molar-refractivity contribution in [1.82, 2.24) is 0 Å². The molecule has 0 amide bonds. The van der Waals surface area contributed by atoms with Crippen LogP contribution in [0.15, 0.2) is 48.5 Å². The second-order valence-corrected chi connectivity index (χ2v) is 5.82. The fraction of sp³-hybridized carbons (Fsp3) is 0.278. The van der Waals surface area contributed by atoms with Gasteiger partial charge in [0.2, 0.25) is 0 Å². The first-order valence-corrected chi connectivity index (χ1v) is 7.66. The predicted octanol–water partition coefficient (Wildman–Crippen LogP) is 4.60. The van der Waals surface area contributed by atoms with Crippen molar-refractivity contribution in [1.29, 1.82) is 5.26 Å². The highest BCUT2D eigenvalue weighted by Gasteiger charge is 2.22. The Balaban J connectivity index is 1.75. The molecule has 1 heterocycles. The minimum absolute atomic E-state index is 0.542. The van der Waals surface area contributed by atoms with E-state index >= 15 is 0 Å². The first-order chi connectivity index (χ1) is 10.3. The van der Waals surface area contributed by atoms with E-state index in [0.29, 0.717) is 16.5 Å². The molecule has 3 heteroatoms. The lowest BCUT2D eigenvalue weighted by atomic mass is 9.89. The Labute approximate surface area is 130 Å². The zero-order valence-electron chi connectivity index (χ0n) is 11.8.